The number of rotatable bonds is 0. The van der Waals surface area contributed by atoms with Gasteiger partial charge in [0, 0.05) is 13.1 Å². The second kappa shape index (κ2) is 3.56. The molecular weight excluding hydrogens is 162 g/mol. The third-order valence-corrected chi connectivity index (χ3v) is 3.74. The average molecular weight is 183 g/mol. The molecule has 3 nitrogen and oxygen atoms in total. The summed E-state index contributed by atoms with van der Waals surface area (Å²) in [6.07, 6.45) is 5.38. The molecule has 0 aromatic rings. The van der Waals surface area contributed by atoms with E-state index in [4.69, 9.17) is 5.84 Å². The van der Waals surface area contributed by atoms with Crippen LogP contribution in [-0.2, 0) is 0 Å². The van der Waals surface area contributed by atoms with Crippen molar-refractivity contribution in [2.75, 3.05) is 33.2 Å². The smallest absolute Gasteiger partial charge is 0.0186 e. The van der Waals surface area contributed by atoms with E-state index in [1.165, 1.54) is 38.8 Å². The number of likely N-dealkylation sites (tertiary alicyclic amines) is 1. The molecule has 0 saturated carbocycles. The molecular formula is C10H21N3. The van der Waals surface area contributed by atoms with Crippen LogP contribution in [0.2, 0.25) is 0 Å². The standard InChI is InChI=1S/C10H21N3/c1-12-7-4-10(5-8-12)3-2-6-13(11)9-10/h2-9,11H2,1H3. The maximum atomic E-state index is 5.89. The quantitative estimate of drug-likeness (QED) is 0.560. The first-order chi connectivity index (χ1) is 6.20. The SMILES string of the molecule is CN1CCC2(CCCN(N)C2)CC1. The molecule has 0 bridgehead atoms. The normalized spacial score (nSPS) is 30.9. The zero-order valence-corrected chi connectivity index (χ0v) is 8.63. The van der Waals surface area contributed by atoms with Crippen molar-refractivity contribution in [1.82, 2.24) is 9.91 Å². The van der Waals surface area contributed by atoms with Crippen LogP contribution >= 0.6 is 0 Å². The molecule has 2 heterocycles. The molecule has 0 aromatic carbocycles. The zero-order valence-electron chi connectivity index (χ0n) is 8.63. The Bertz CT molecular complexity index is 173. The number of hydrogen-bond acceptors (Lipinski definition) is 3. The van der Waals surface area contributed by atoms with E-state index in [-0.39, 0.29) is 0 Å². The van der Waals surface area contributed by atoms with Gasteiger partial charge in [0.1, 0.15) is 0 Å². The minimum absolute atomic E-state index is 0.569. The molecule has 0 radical (unpaired) electrons. The van der Waals surface area contributed by atoms with Gasteiger partial charge in [-0.05, 0) is 51.2 Å². The van der Waals surface area contributed by atoms with Crippen LogP contribution < -0.4 is 5.84 Å². The Morgan fingerprint density at radius 2 is 1.77 bits per heavy atom. The molecule has 2 rings (SSSR count). The van der Waals surface area contributed by atoms with Crippen molar-refractivity contribution in [1.29, 1.82) is 0 Å². The fourth-order valence-corrected chi connectivity index (χ4v) is 2.75. The van der Waals surface area contributed by atoms with Gasteiger partial charge >= 0.3 is 0 Å². The largest absolute Gasteiger partial charge is 0.306 e. The third kappa shape index (κ3) is 2.03. The lowest BCUT2D eigenvalue weighted by Crippen LogP contribution is -2.51. The summed E-state index contributed by atoms with van der Waals surface area (Å²) in [6, 6.07) is 0. The Morgan fingerprint density at radius 3 is 2.38 bits per heavy atom. The van der Waals surface area contributed by atoms with Crippen molar-refractivity contribution in [3.8, 4) is 0 Å². The third-order valence-electron chi connectivity index (χ3n) is 3.74. The summed E-state index contributed by atoms with van der Waals surface area (Å²) >= 11 is 0. The van der Waals surface area contributed by atoms with Crippen LogP contribution in [0.15, 0.2) is 0 Å². The monoisotopic (exact) mass is 183 g/mol. The summed E-state index contributed by atoms with van der Waals surface area (Å²) in [7, 11) is 2.22. The second-order valence-corrected chi connectivity index (χ2v) is 4.88. The first-order valence-corrected chi connectivity index (χ1v) is 5.38. The Morgan fingerprint density at radius 1 is 1.08 bits per heavy atom. The van der Waals surface area contributed by atoms with Gasteiger partial charge in [-0.2, -0.15) is 0 Å². The Balaban J connectivity index is 1.95. The van der Waals surface area contributed by atoms with E-state index >= 15 is 0 Å². The van der Waals surface area contributed by atoms with Gasteiger partial charge in [-0.15, -0.1) is 0 Å². The summed E-state index contributed by atoms with van der Waals surface area (Å²) in [6.45, 7) is 4.74. The van der Waals surface area contributed by atoms with Gasteiger partial charge in [-0.25, -0.2) is 5.01 Å². The molecule has 0 amide bonds. The van der Waals surface area contributed by atoms with Gasteiger partial charge in [0.25, 0.3) is 0 Å². The van der Waals surface area contributed by atoms with E-state index in [2.05, 4.69) is 11.9 Å². The van der Waals surface area contributed by atoms with Crippen molar-refractivity contribution >= 4 is 0 Å². The molecule has 2 saturated heterocycles. The molecule has 3 heteroatoms. The van der Waals surface area contributed by atoms with Crippen LogP contribution in [0.5, 0.6) is 0 Å². The Labute approximate surface area is 80.8 Å². The maximum Gasteiger partial charge on any atom is 0.0186 e. The van der Waals surface area contributed by atoms with Crippen LogP contribution in [0.3, 0.4) is 0 Å². The Hall–Kier alpha value is -0.120. The van der Waals surface area contributed by atoms with E-state index in [9.17, 15) is 0 Å². The van der Waals surface area contributed by atoms with E-state index in [1.807, 2.05) is 5.01 Å². The number of hydrazine groups is 1. The van der Waals surface area contributed by atoms with Crippen LogP contribution in [0.25, 0.3) is 0 Å². The number of piperidine rings is 2. The molecule has 76 valence electrons. The van der Waals surface area contributed by atoms with Crippen LogP contribution in [-0.4, -0.2) is 43.1 Å². The lowest BCUT2D eigenvalue weighted by Gasteiger charge is -2.45. The summed E-state index contributed by atoms with van der Waals surface area (Å²) in [5.41, 5.74) is 0.569. The first-order valence-electron chi connectivity index (χ1n) is 5.38. The van der Waals surface area contributed by atoms with Gasteiger partial charge in [0.2, 0.25) is 0 Å². The molecule has 0 aromatic heterocycles. The van der Waals surface area contributed by atoms with Gasteiger partial charge in [0.05, 0.1) is 0 Å². The van der Waals surface area contributed by atoms with Crippen LogP contribution in [0, 0.1) is 5.41 Å². The highest BCUT2D eigenvalue weighted by atomic mass is 15.4. The molecule has 0 aliphatic carbocycles. The minimum Gasteiger partial charge on any atom is -0.306 e. The molecule has 0 atom stereocenters. The van der Waals surface area contributed by atoms with Crippen molar-refractivity contribution < 1.29 is 0 Å². The molecule has 0 unspecified atom stereocenters. The maximum absolute atomic E-state index is 5.89. The lowest BCUT2D eigenvalue weighted by atomic mass is 9.73. The predicted octanol–water partition coefficient (Wildman–Crippen LogP) is 0.668. The van der Waals surface area contributed by atoms with Gasteiger partial charge in [-0.1, -0.05) is 0 Å². The second-order valence-electron chi connectivity index (χ2n) is 4.88. The molecule has 1 spiro atoms. The number of nitrogens with zero attached hydrogens (tertiary/aromatic N) is 2. The fraction of sp³-hybridized carbons (Fsp3) is 1.00. The average Bonchev–Trinajstić information content (AvgIpc) is 2.11. The summed E-state index contributed by atoms with van der Waals surface area (Å²) in [5.74, 6) is 5.89. The minimum atomic E-state index is 0.569. The highest BCUT2D eigenvalue weighted by Gasteiger charge is 2.36. The van der Waals surface area contributed by atoms with Crippen LogP contribution in [0.4, 0.5) is 0 Å². The van der Waals surface area contributed by atoms with Gasteiger partial charge < -0.3 is 4.90 Å². The van der Waals surface area contributed by atoms with Gasteiger partial charge in [0.15, 0.2) is 0 Å². The van der Waals surface area contributed by atoms with E-state index < -0.39 is 0 Å². The predicted molar refractivity (Wildman–Crippen MR) is 54.2 cm³/mol. The molecule has 2 aliphatic heterocycles. The fourth-order valence-electron chi connectivity index (χ4n) is 2.75. The van der Waals surface area contributed by atoms with Crippen molar-refractivity contribution in [3.05, 3.63) is 0 Å². The molecule has 2 fully saturated rings. The van der Waals surface area contributed by atoms with E-state index in [0.29, 0.717) is 5.41 Å². The van der Waals surface area contributed by atoms with Crippen molar-refractivity contribution in [3.63, 3.8) is 0 Å². The number of hydrogen-bond donors (Lipinski definition) is 1. The molecule has 13 heavy (non-hydrogen) atoms. The summed E-state index contributed by atoms with van der Waals surface area (Å²) < 4.78 is 0. The first kappa shape index (κ1) is 9.44. The van der Waals surface area contributed by atoms with Crippen molar-refractivity contribution in [2.45, 2.75) is 25.7 Å². The van der Waals surface area contributed by atoms with Crippen molar-refractivity contribution in [2.24, 2.45) is 11.3 Å². The molecule has 2 aliphatic rings. The Kier molecular flexibility index (Phi) is 2.58. The molecule has 2 N–H and O–H groups in total. The topological polar surface area (TPSA) is 32.5 Å². The van der Waals surface area contributed by atoms with E-state index in [1.54, 1.807) is 0 Å². The van der Waals surface area contributed by atoms with Crippen LogP contribution in [0.1, 0.15) is 25.7 Å². The van der Waals surface area contributed by atoms with E-state index in [0.717, 1.165) is 13.1 Å². The highest BCUT2D eigenvalue weighted by molar-refractivity contribution is 4.89. The summed E-state index contributed by atoms with van der Waals surface area (Å²) in [5, 5.41) is 2.02. The summed E-state index contributed by atoms with van der Waals surface area (Å²) in [4.78, 5) is 2.43. The number of nitrogens with two attached hydrogens (primary N) is 1. The van der Waals surface area contributed by atoms with Gasteiger partial charge in [-0.3, -0.25) is 5.84 Å². The lowest BCUT2D eigenvalue weighted by molar-refractivity contribution is 0.0309. The highest BCUT2D eigenvalue weighted by Crippen LogP contribution is 2.38. The zero-order chi connectivity index (χ0) is 9.31.